The fourth-order valence-electron chi connectivity index (χ4n) is 3.49. The van der Waals surface area contributed by atoms with Gasteiger partial charge in [-0.25, -0.2) is 8.42 Å². The molecule has 0 amide bonds. The molecular weight excluding hydrogens is 487 g/mol. The summed E-state index contributed by atoms with van der Waals surface area (Å²) in [6, 6.07) is 19.8. The van der Waals surface area contributed by atoms with Crippen LogP contribution in [0.5, 0.6) is 5.75 Å². The van der Waals surface area contributed by atoms with Gasteiger partial charge in [-0.1, -0.05) is 60.1 Å². The number of hydrogen-bond acceptors (Lipinski definition) is 4. The lowest BCUT2D eigenvalue weighted by atomic mass is 10.1. The highest BCUT2D eigenvalue weighted by Gasteiger charge is 2.33. The van der Waals surface area contributed by atoms with E-state index in [-0.39, 0.29) is 16.5 Å². The molecule has 34 heavy (non-hydrogen) atoms. The summed E-state index contributed by atoms with van der Waals surface area (Å²) in [7, 11) is -3.34. The average molecular weight is 512 g/mol. The molecule has 3 rings (SSSR count). The lowest BCUT2D eigenvalue weighted by Gasteiger charge is -2.24. The maximum atomic E-state index is 13.3. The number of halogens is 4. The zero-order chi connectivity index (χ0) is 24.8. The summed E-state index contributed by atoms with van der Waals surface area (Å²) in [6.45, 7) is 1.61. The predicted octanol–water partition coefficient (Wildman–Crippen LogP) is 6.23. The summed E-state index contributed by atoms with van der Waals surface area (Å²) < 4.78 is 69.0. The fourth-order valence-corrected chi connectivity index (χ4v) is 4.44. The number of benzene rings is 3. The molecule has 0 unspecified atom stereocenters. The van der Waals surface area contributed by atoms with Gasteiger partial charge in [0.05, 0.1) is 22.1 Å². The smallest absolute Gasteiger partial charge is 0.417 e. The van der Waals surface area contributed by atoms with Crippen molar-refractivity contribution in [3.63, 3.8) is 0 Å². The lowest BCUT2D eigenvalue weighted by Crippen LogP contribution is -2.25. The molecule has 0 bridgehead atoms. The lowest BCUT2D eigenvalue weighted by molar-refractivity contribution is -0.137. The van der Waals surface area contributed by atoms with E-state index in [9.17, 15) is 21.6 Å². The molecule has 9 heteroatoms. The molecule has 3 aromatic carbocycles. The van der Waals surface area contributed by atoms with Gasteiger partial charge >= 0.3 is 6.18 Å². The van der Waals surface area contributed by atoms with Crippen LogP contribution in [-0.2, 0) is 29.1 Å². The summed E-state index contributed by atoms with van der Waals surface area (Å²) in [5, 5.41) is -0.290. The van der Waals surface area contributed by atoms with E-state index in [0.29, 0.717) is 37.4 Å². The topological polar surface area (TPSA) is 46.6 Å². The summed E-state index contributed by atoms with van der Waals surface area (Å²) in [5.74, 6) is 0.443. The van der Waals surface area contributed by atoms with Crippen molar-refractivity contribution in [1.82, 2.24) is 4.90 Å². The van der Waals surface area contributed by atoms with E-state index in [1.807, 2.05) is 35.2 Å². The molecule has 0 saturated heterocycles. The first-order valence-corrected chi connectivity index (χ1v) is 12.8. The van der Waals surface area contributed by atoms with Crippen molar-refractivity contribution in [2.45, 2.75) is 30.6 Å². The first-order valence-electron chi connectivity index (χ1n) is 10.6. The molecule has 0 heterocycles. The number of sulfone groups is 1. The van der Waals surface area contributed by atoms with Crippen LogP contribution in [0.4, 0.5) is 13.2 Å². The molecule has 182 valence electrons. The van der Waals surface area contributed by atoms with Crippen LogP contribution in [0.25, 0.3) is 0 Å². The molecule has 0 N–H and O–H groups in total. The summed E-state index contributed by atoms with van der Waals surface area (Å²) >= 11 is 6.11. The first kappa shape index (κ1) is 26.1. The van der Waals surface area contributed by atoms with E-state index in [4.69, 9.17) is 16.3 Å². The van der Waals surface area contributed by atoms with Gasteiger partial charge in [0.25, 0.3) is 0 Å². The quantitative estimate of drug-likeness (QED) is 0.303. The number of rotatable bonds is 10. The van der Waals surface area contributed by atoms with Gasteiger partial charge in [0.2, 0.25) is 0 Å². The normalized spacial score (nSPS) is 12.2. The van der Waals surface area contributed by atoms with Gasteiger partial charge < -0.3 is 4.74 Å². The Morgan fingerprint density at radius 3 is 2.32 bits per heavy atom. The second kappa shape index (κ2) is 11.3. The van der Waals surface area contributed by atoms with E-state index in [1.165, 1.54) is 18.2 Å². The fraction of sp³-hybridized carbons (Fsp3) is 0.280. The van der Waals surface area contributed by atoms with Crippen LogP contribution < -0.4 is 4.74 Å². The van der Waals surface area contributed by atoms with Crippen molar-refractivity contribution in [3.8, 4) is 5.75 Å². The largest absolute Gasteiger partial charge is 0.494 e. The van der Waals surface area contributed by atoms with E-state index < -0.39 is 21.6 Å². The molecule has 0 aliphatic carbocycles. The van der Waals surface area contributed by atoms with E-state index in [0.717, 1.165) is 17.9 Å². The second-order valence-corrected chi connectivity index (χ2v) is 10.3. The molecule has 0 atom stereocenters. The zero-order valence-corrected chi connectivity index (χ0v) is 20.1. The van der Waals surface area contributed by atoms with E-state index >= 15 is 0 Å². The zero-order valence-electron chi connectivity index (χ0n) is 18.6. The van der Waals surface area contributed by atoms with Crippen molar-refractivity contribution in [2.24, 2.45) is 0 Å². The number of nitrogens with zero attached hydrogens (tertiary/aromatic N) is 1. The Morgan fingerprint density at radius 2 is 1.65 bits per heavy atom. The van der Waals surface area contributed by atoms with Crippen molar-refractivity contribution in [3.05, 3.63) is 94.5 Å². The van der Waals surface area contributed by atoms with Gasteiger partial charge in [0.15, 0.2) is 9.84 Å². The van der Waals surface area contributed by atoms with E-state index in [1.54, 1.807) is 18.2 Å². The van der Waals surface area contributed by atoms with Crippen molar-refractivity contribution < 1.29 is 26.3 Å². The Bertz CT molecular complexity index is 1200. The van der Waals surface area contributed by atoms with Crippen molar-refractivity contribution in [2.75, 3.05) is 19.4 Å². The summed E-state index contributed by atoms with van der Waals surface area (Å²) in [4.78, 5) is 2.18. The van der Waals surface area contributed by atoms with Crippen LogP contribution >= 0.6 is 11.6 Å². The Balaban J connectivity index is 1.69. The van der Waals surface area contributed by atoms with Crippen LogP contribution in [0.15, 0.2) is 77.7 Å². The highest BCUT2D eigenvalue weighted by Crippen LogP contribution is 2.36. The Hall–Kier alpha value is -2.55. The highest BCUT2D eigenvalue weighted by molar-refractivity contribution is 7.90. The maximum absolute atomic E-state index is 13.3. The molecule has 0 fully saturated rings. The molecule has 0 aliphatic rings. The van der Waals surface area contributed by atoms with Gasteiger partial charge in [-0.15, -0.1) is 0 Å². The van der Waals surface area contributed by atoms with Crippen molar-refractivity contribution >= 4 is 21.4 Å². The van der Waals surface area contributed by atoms with Crippen LogP contribution in [0.1, 0.15) is 23.1 Å². The van der Waals surface area contributed by atoms with Crippen LogP contribution in [0, 0.1) is 0 Å². The molecule has 4 nitrogen and oxygen atoms in total. The Morgan fingerprint density at radius 1 is 0.941 bits per heavy atom. The summed E-state index contributed by atoms with van der Waals surface area (Å²) in [5.41, 5.74) is 0.571. The van der Waals surface area contributed by atoms with Gasteiger partial charge in [0, 0.05) is 25.9 Å². The molecule has 3 aromatic rings. The number of alkyl halides is 3. The highest BCUT2D eigenvalue weighted by atomic mass is 35.5. The minimum absolute atomic E-state index is 0.176. The van der Waals surface area contributed by atoms with Crippen LogP contribution in [0.3, 0.4) is 0 Å². The standard InChI is InChI=1S/C25H25ClF3NO3S/c1-34(31,32)22-12-6-11-21(16-22)33-15-7-14-30(17-19-8-3-2-4-9-19)18-20-10-5-13-23(24(20)26)25(27,28)29/h2-6,8-13,16H,7,14-15,17-18H2,1H3. The van der Waals surface area contributed by atoms with Gasteiger partial charge in [-0.2, -0.15) is 13.2 Å². The number of ether oxygens (including phenoxy) is 1. The monoisotopic (exact) mass is 511 g/mol. The van der Waals surface area contributed by atoms with Gasteiger partial charge in [-0.05, 0) is 41.8 Å². The van der Waals surface area contributed by atoms with Gasteiger partial charge in [-0.3, -0.25) is 4.90 Å². The molecule has 0 spiro atoms. The van der Waals surface area contributed by atoms with Crippen molar-refractivity contribution in [1.29, 1.82) is 0 Å². The molecular formula is C25H25ClF3NO3S. The van der Waals surface area contributed by atoms with Crippen LogP contribution in [0.2, 0.25) is 5.02 Å². The molecule has 0 radical (unpaired) electrons. The first-order chi connectivity index (χ1) is 16.0. The minimum atomic E-state index is -4.52. The van der Waals surface area contributed by atoms with Gasteiger partial charge in [0.1, 0.15) is 5.75 Å². The second-order valence-electron chi connectivity index (χ2n) is 7.92. The third-order valence-corrected chi connectivity index (χ3v) is 6.70. The molecule has 0 saturated carbocycles. The van der Waals surface area contributed by atoms with Crippen LogP contribution in [-0.4, -0.2) is 32.7 Å². The minimum Gasteiger partial charge on any atom is -0.494 e. The Labute approximate surface area is 202 Å². The Kier molecular flexibility index (Phi) is 8.62. The molecule has 0 aromatic heterocycles. The maximum Gasteiger partial charge on any atom is 0.417 e. The molecule has 0 aliphatic heterocycles. The van der Waals surface area contributed by atoms with E-state index in [2.05, 4.69) is 0 Å². The number of hydrogen-bond donors (Lipinski definition) is 0. The third-order valence-electron chi connectivity index (χ3n) is 5.15. The SMILES string of the molecule is CS(=O)(=O)c1cccc(OCCCN(Cc2ccccc2)Cc2cccc(C(F)(F)F)c2Cl)c1. The summed E-state index contributed by atoms with van der Waals surface area (Å²) in [6.07, 6.45) is -2.81. The average Bonchev–Trinajstić information content (AvgIpc) is 2.77. The third kappa shape index (κ3) is 7.48. The predicted molar refractivity (Wildman–Crippen MR) is 127 cm³/mol.